The van der Waals surface area contributed by atoms with Crippen molar-refractivity contribution in [2.24, 2.45) is 0 Å². The predicted molar refractivity (Wildman–Crippen MR) is 108 cm³/mol. The normalized spacial score (nSPS) is 11.2. The van der Waals surface area contributed by atoms with Crippen LogP contribution in [-0.2, 0) is 6.42 Å². The first kappa shape index (κ1) is 15.0. The van der Waals surface area contributed by atoms with Gasteiger partial charge in [-0.15, -0.1) is 0 Å². The Kier molecular flexibility index (Phi) is 3.57. The lowest BCUT2D eigenvalue weighted by Gasteiger charge is -2.06. The molecule has 0 radical (unpaired) electrons. The van der Waals surface area contributed by atoms with Crippen LogP contribution in [0.1, 0.15) is 11.1 Å². The predicted octanol–water partition coefficient (Wildman–Crippen LogP) is 6.84. The van der Waals surface area contributed by atoms with Gasteiger partial charge in [0, 0.05) is 10.8 Å². The quantitative estimate of drug-likeness (QED) is 0.352. The van der Waals surface area contributed by atoms with Gasteiger partial charge >= 0.3 is 0 Å². The SMILES string of the molecule is c1ccc(Cc2ccc(-c3cccc4oc5ccccc5c34)cc2)cc1. The highest BCUT2D eigenvalue weighted by atomic mass is 16.3. The zero-order valence-electron chi connectivity index (χ0n) is 14.4. The van der Waals surface area contributed by atoms with Crippen molar-refractivity contribution in [3.8, 4) is 11.1 Å². The lowest BCUT2D eigenvalue weighted by atomic mass is 9.97. The molecule has 0 unspecified atom stereocenters. The molecule has 0 fully saturated rings. The summed E-state index contributed by atoms with van der Waals surface area (Å²) >= 11 is 0. The molecule has 4 aromatic carbocycles. The molecular weight excluding hydrogens is 316 g/mol. The van der Waals surface area contributed by atoms with Crippen molar-refractivity contribution >= 4 is 21.9 Å². The Morgan fingerprint density at radius 1 is 0.538 bits per heavy atom. The van der Waals surface area contributed by atoms with E-state index in [1.165, 1.54) is 33.0 Å². The van der Waals surface area contributed by atoms with Crippen molar-refractivity contribution in [1.29, 1.82) is 0 Å². The third kappa shape index (κ3) is 2.58. The maximum absolute atomic E-state index is 6.02. The Morgan fingerprint density at radius 2 is 1.23 bits per heavy atom. The number of para-hydroxylation sites is 1. The lowest BCUT2D eigenvalue weighted by molar-refractivity contribution is 0.669. The van der Waals surface area contributed by atoms with Crippen molar-refractivity contribution in [2.45, 2.75) is 6.42 Å². The maximum Gasteiger partial charge on any atom is 0.136 e. The van der Waals surface area contributed by atoms with Gasteiger partial charge in [0.05, 0.1) is 0 Å². The Morgan fingerprint density at radius 3 is 2.08 bits per heavy atom. The number of furan rings is 1. The van der Waals surface area contributed by atoms with Crippen LogP contribution in [-0.4, -0.2) is 0 Å². The molecule has 0 spiro atoms. The number of rotatable bonds is 3. The van der Waals surface area contributed by atoms with Gasteiger partial charge in [-0.2, -0.15) is 0 Å². The molecular formula is C25H18O. The summed E-state index contributed by atoms with van der Waals surface area (Å²) in [7, 11) is 0. The van der Waals surface area contributed by atoms with Gasteiger partial charge in [0.25, 0.3) is 0 Å². The van der Waals surface area contributed by atoms with E-state index in [1.54, 1.807) is 0 Å². The summed E-state index contributed by atoms with van der Waals surface area (Å²) in [5, 5.41) is 2.37. The first-order chi connectivity index (χ1) is 12.9. The molecule has 0 saturated carbocycles. The Labute approximate surface area is 152 Å². The number of fused-ring (bicyclic) bond motifs is 3. The van der Waals surface area contributed by atoms with E-state index in [0.29, 0.717) is 0 Å². The van der Waals surface area contributed by atoms with E-state index < -0.39 is 0 Å². The standard InChI is InChI=1S/C25H18O/c1-2-7-18(8-3-1)17-19-13-15-20(16-14-19)21-10-6-12-24-25(21)22-9-4-5-11-23(22)26-24/h1-16H,17H2. The van der Waals surface area contributed by atoms with Crippen molar-refractivity contribution < 1.29 is 4.42 Å². The summed E-state index contributed by atoms with van der Waals surface area (Å²) in [5.74, 6) is 0. The summed E-state index contributed by atoms with van der Waals surface area (Å²) in [4.78, 5) is 0. The molecule has 0 bridgehead atoms. The summed E-state index contributed by atoms with van der Waals surface area (Å²) in [6.45, 7) is 0. The second-order valence-corrected chi connectivity index (χ2v) is 6.64. The highest BCUT2D eigenvalue weighted by Crippen LogP contribution is 2.36. The smallest absolute Gasteiger partial charge is 0.136 e. The van der Waals surface area contributed by atoms with Crippen LogP contribution in [0.4, 0.5) is 0 Å². The first-order valence-corrected chi connectivity index (χ1v) is 8.92. The molecule has 5 aromatic rings. The van der Waals surface area contributed by atoms with Gasteiger partial charge in [-0.25, -0.2) is 0 Å². The van der Waals surface area contributed by atoms with Crippen LogP contribution in [0.3, 0.4) is 0 Å². The Balaban J connectivity index is 1.58. The Bertz CT molecular complexity index is 1180. The average molecular weight is 334 g/mol. The minimum atomic E-state index is 0.940. The average Bonchev–Trinajstić information content (AvgIpc) is 3.08. The number of hydrogen-bond donors (Lipinski definition) is 0. The molecule has 1 heterocycles. The zero-order chi connectivity index (χ0) is 17.3. The van der Waals surface area contributed by atoms with Crippen LogP contribution in [0.15, 0.2) is 101 Å². The van der Waals surface area contributed by atoms with E-state index in [9.17, 15) is 0 Å². The molecule has 1 aromatic heterocycles. The van der Waals surface area contributed by atoms with E-state index in [0.717, 1.165) is 17.6 Å². The highest BCUT2D eigenvalue weighted by molar-refractivity contribution is 6.12. The number of benzene rings is 4. The van der Waals surface area contributed by atoms with Crippen LogP contribution in [0.25, 0.3) is 33.1 Å². The van der Waals surface area contributed by atoms with Gasteiger partial charge in [-0.3, -0.25) is 0 Å². The van der Waals surface area contributed by atoms with E-state index >= 15 is 0 Å². The third-order valence-corrected chi connectivity index (χ3v) is 4.92. The zero-order valence-corrected chi connectivity index (χ0v) is 14.4. The molecule has 124 valence electrons. The summed E-state index contributed by atoms with van der Waals surface area (Å²) in [5.41, 5.74) is 6.98. The van der Waals surface area contributed by atoms with Gasteiger partial charge in [0.1, 0.15) is 11.2 Å². The van der Waals surface area contributed by atoms with E-state index in [2.05, 4.69) is 78.9 Å². The second-order valence-electron chi connectivity index (χ2n) is 6.64. The summed E-state index contributed by atoms with van der Waals surface area (Å²) in [6, 6.07) is 34.0. The van der Waals surface area contributed by atoms with Crippen LogP contribution in [0.2, 0.25) is 0 Å². The summed E-state index contributed by atoms with van der Waals surface area (Å²) < 4.78 is 6.02. The molecule has 1 nitrogen and oxygen atoms in total. The first-order valence-electron chi connectivity index (χ1n) is 8.92. The van der Waals surface area contributed by atoms with Crippen LogP contribution in [0.5, 0.6) is 0 Å². The van der Waals surface area contributed by atoms with Gasteiger partial charge < -0.3 is 4.42 Å². The third-order valence-electron chi connectivity index (χ3n) is 4.92. The fourth-order valence-electron chi connectivity index (χ4n) is 3.65. The topological polar surface area (TPSA) is 13.1 Å². The molecule has 0 amide bonds. The Hall–Kier alpha value is -3.32. The molecule has 1 heteroatoms. The van der Waals surface area contributed by atoms with E-state index in [-0.39, 0.29) is 0 Å². The monoisotopic (exact) mass is 334 g/mol. The van der Waals surface area contributed by atoms with Gasteiger partial charge in [-0.05, 0) is 40.8 Å². The van der Waals surface area contributed by atoms with E-state index in [1.807, 2.05) is 18.2 Å². The van der Waals surface area contributed by atoms with Crippen molar-refractivity contribution in [3.63, 3.8) is 0 Å². The molecule has 26 heavy (non-hydrogen) atoms. The summed E-state index contributed by atoms with van der Waals surface area (Å²) in [6.07, 6.45) is 0.958. The molecule has 0 aliphatic heterocycles. The molecule has 5 rings (SSSR count). The van der Waals surface area contributed by atoms with Crippen LogP contribution in [0, 0.1) is 0 Å². The van der Waals surface area contributed by atoms with Gasteiger partial charge in [-0.1, -0.05) is 84.9 Å². The molecule has 0 saturated heterocycles. The minimum absolute atomic E-state index is 0.940. The minimum Gasteiger partial charge on any atom is -0.456 e. The van der Waals surface area contributed by atoms with Gasteiger partial charge in [0.15, 0.2) is 0 Å². The van der Waals surface area contributed by atoms with Crippen molar-refractivity contribution in [1.82, 2.24) is 0 Å². The molecule has 0 N–H and O–H groups in total. The van der Waals surface area contributed by atoms with Crippen molar-refractivity contribution in [3.05, 3.63) is 108 Å². The fraction of sp³-hybridized carbons (Fsp3) is 0.0400. The van der Waals surface area contributed by atoms with Crippen LogP contribution >= 0.6 is 0 Å². The van der Waals surface area contributed by atoms with Crippen molar-refractivity contribution in [2.75, 3.05) is 0 Å². The fourth-order valence-corrected chi connectivity index (χ4v) is 3.65. The van der Waals surface area contributed by atoms with E-state index in [4.69, 9.17) is 4.42 Å². The molecule has 0 aliphatic rings. The second kappa shape index (κ2) is 6.20. The number of hydrogen-bond acceptors (Lipinski definition) is 1. The molecule has 0 aliphatic carbocycles. The lowest BCUT2D eigenvalue weighted by Crippen LogP contribution is -1.88. The van der Waals surface area contributed by atoms with Gasteiger partial charge in [0.2, 0.25) is 0 Å². The maximum atomic E-state index is 6.02. The molecule has 0 atom stereocenters. The largest absolute Gasteiger partial charge is 0.456 e. The highest BCUT2D eigenvalue weighted by Gasteiger charge is 2.11. The van der Waals surface area contributed by atoms with Crippen LogP contribution < -0.4 is 0 Å².